The summed E-state index contributed by atoms with van der Waals surface area (Å²) in [5.74, 6) is 0.0220. The first-order valence-electron chi connectivity index (χ1n) is 7.35. The molecule has 0 unspecified atom stereocenters. The first kappa shape index (κ1) is 12.8. The van der Waals surface area contributed by atoms with Gasteiger partial charge in [0.05, 0.1) is 11.4 Å². The largest absolute Gasteiger partial charge is 0.279 e. The molecule has 0 radical (unpaired) electrons. The van der Waals surface area contributed by atoms with Crippen LogP contribution < -0.4 is 4.90 Å². The van der Waals surface area contributed by atoms with Crippen molar-refractivity contribution in [2.75, 3.05) is 4.90 Å². The van der Waals surface area contributed by atoms with E-state index in [0.717, 1.165) is 33.3 Å². The Morgan fingerprint density at radius 2 is 1.55 bits per heavy atom. The molecule has 1 aliphatic rings. The van der Waals surface area contributed by atoms with Crippen molar-refractivity contribution in [1.29, 1.82) is 0 Å². The highest BCUT2D eigenvalue weighted by Gasteiger charge is 2.23. The van der Waals surface area contributed by atoms with Gasteiger partial charge in [0.1, 0.15) is 0 Å². The summed E-state index contributed by atoms with van der Waals surface area (Å²) < 4.78 is 0. The maximum atomic E-state index is 12.4. The number of hydrogen-bond donors (Lipinski definition) is 0. The Morgan fingerprint density at radius 1 is 0.818 bits per heavy atom. The second-order valence-electron chi connectivity index (χ2n) is 5.47. The molecule has 4 rings (SSSR count). The molecule has 3 aromatic carbocycles. The normalized spacial score (nSPS) is 12.7. The Balaban J connectivity index is 2.13. The molecule has 22 heavy (non-hydrogen) atoms. The van der Waals surface area contributed by atoms with Crippen LogP contribution in [0.2, 0.25) is 0 Å². The van der Waals surface area contributed by atoms with E-state index >= 15 is 0 Å². The van der Waals surface area contributed by atoms with Gasteiger partial charge < -0.3 is 0 Å². The summed E-state index contributed by atoms with van der Waals surface area (Å²) in [6.07, 6.45) is 4.16. The van der Waals surface area contributed by atoms with Gasteiger partial charge in [0.2, 0.25) is 5.91 Å². The average molecular weight is 285 g/mol. The van der Waals surface area contributed by atoms with Crippen molar-refractivity contribution < 1.29 is 4.79 Å². The Hall–Kier alpha value is -2.87. The monoisotopic (exact) mass is 285 g/mol. The molecule has 0 fully saturated rings. The molecule has 0 saturated carbocycles. The third-order valence-corrected chi connectivity index (χ3v) is 4.09. The maximum absolute atomic E-state index is 12.4. The summed E-state index contributed by atoms with van der Waals surface area (Å²) in [5.41, 5.74) is 4.01. The molecule has 0 bridgehead atoms. The number of para-hydroxylation sites is 1. The lowest BCUT2D eigenvalue weighted by Gasteiger charge is -2.25. The van der Waals surface area contributed by atoms with E-state index in [1.165, 1.54) is 0 Å². The van der Waals surface area contributed by atoms with Crippen LogP contribution in [0.25, 0.3) is 22.9 Å². The number of fused-ring (bicyclic) bond motifs is 4. The topological polar surface area (TPSA) is 20.3 Å². The zero-order chi connectivity index (χ0) is 15.1. The average Bonchev–Trinajstić information content (AvgIpc) is 2.71. The van der Waals surface area contributed by atoms with Gasteiger partial charge in [-0.05, 0) is 22.6 Å². The first-order chi connectivity index (χ1) is 10.8. The highest BCUT2D eigenvalue weighted by molar-refractivity contribution is 6.13. The Bertz CT molecular complexity index is 924. The Labute approximate surface area is 129 Å². The van der Waals surface area contributed by atoms with Crippen LogP contribution in [0.4, 0.5) is 11.4 Å². The van der Waals surface area contributed by atoms with Crippen molar-refractivity contribution in [1.82, 2.24) is 0 Å². The molecule has 0 aliphatic carbocycles. The number of carbonyl (C=O) groups is 1. The fourth-order valence-electron chi connectivity index (χ4n) is 3.12. The third kappa shape index (κ3) is 1.85. The molecule has 0 saturated heterocycles. The minimum absolute atomic E-state index is 0.0220. The van der Waals surface area contributed by atoms with E-state index in [9.17, 15) is 4.79 Å². The Morgan fingerprint density at radius 3 is 2.41 bits per heavy atom. The van der Waals surface area contributed by atoms with Crippen LogP contribution in [-0.4, -0.2) is 5.91 Å². The molecule has 1 amide bonds. The summed E-state index contributed by atoms with van der Waals surface area (Å²) >= 11 is 0. The Kier molecular flexibility index (Phi) is 2.83. The van der Waals surface area contributed by atoms with Crippen molar-refractivity contribution in [3.8, 4) is 0 Å². The van der Waals surface area contributed by atoms with E-state index in [1.54, 1.807) is 6.92 Å². The molecule has 2 nitrogen and oxygen atoms in total. The maximum Gasteiger partial charge on any atom is 0.228 e. The van der Waals surface area contributed by atoms with Gasteiger partial charge in [-0.3, -0.25) is 9.69 Å². The van der Waals surface area contributed by atoms with Crippen molar-refractivity contribution in [2.45, 2.75) is 6.92 Å². The lowest BCUT2D eigenvalue weighted by Crippen LogP contribution is -2.24. The van der Waals surface area contributed by atoms with E-state index in [2.05, 4.69) is 36.4 Å². The quantitative estimate of drug-likeness (QED) is 0.568. The van der Waals surface area contributed by atoms with Crippen molar-refractivity contribution in [2.24, 2.45) is 0 Å². The zero-order valence-corrected chi connectivity index (χ0v) is 12.3. The fourth-order valence-corrected chi connectivity index (χ4v) is 3.12. The van der Waals surface area contributed by atoms with Crippen LogP contribution in [0.3, 0.4) is 0 Å². The smallest absolute Gasteiger partial charge is 0.228 e. The van der Waals surface area contributed by atoms with Crippen molar-refractivity contribution in [3.63, 3.8) is 0 Å². The lowest BCUT2D eigenvalue weighted by atomic mass is 10.0. The number of hydrogen-bond acceptors (Lipinski definition) is 1. The minimum atomic E-state index is 0.0220. The molecular weight excluding hydrogens is 270 g/mol. The van der Waals surface area contributed by atoms with Gasteiger partial charge in [0.15, 0.2) is 0 Å². The molecule has 3 aromatic rings. The summed E-state index contributed by atoms with van der Waals surface area (Å²) in [4.78, 5) is 14.2. The van der Waals surface area contributed by atoms with Crippen molar-refractivity contribution >= 4 is 40.2 Å². The van der Waals surface area contributed by atoms with E-state index in [0.29, 0.717) is 0 Å². The van der Waals surface area contributed by atoms with Crippen LogP contribution >= 0.6 is 0 Å². The van der Waals surface area contributed by atoms with Crippen LogP contribution in [0, 0.1) is 0 Å². The second kappa shape index (κ2) is 4.85. The predicted molar refractivity (Wildman–Crippen MR) is 92.1 cm³/mol. The van der Waals surface area contributed by atoms with Gasteiger partial charge in [-0.15, -0.1) is 0 Å². The standard InChI is InChI=1S/C20H15NO/c1-14(22)21-19-9-5-3-7-16(19)11-13-17-12-10-15-6-2-4-8-18(15)20(17)21/h2-13H,1H3. The van der Waals surface area contributed by atoms with Gasteiger partial charge in [-0.1, -0.05) is 66.7 Å². The lowest BCUT2D eigenvalue weighted by molar-refractivity contribution is -0.115. The fraction of sp³-hybridized carbons (Fsp3) is 0.0500. The first-order valence-corrected chi connectivity index (χ1v) is 7.35. The third-order valence-electron chi connectivity index (χ3n) is 4.09. The second-order valence-corrected chi connectivity index (χ2v) is 5.47. The van der Waals surface area contributed by atoms with Crippen LogP contribution in [0.15, 0.2) is 60.7 Å². The van der Waals surface area contributed by atoms with Gasteiger partial charge in [0, 0.05) is 12.3 Å². The van der Waals surface area contributed by atoms with Crippen LogP contribution in [-0.2, 0) is 4.79 Å². The van der Waals surface area contributed by atoms with Gasteiger partial charge in [-0.2, -0.15) is 0 Å². The predicted octanol–water partition coefficient (Wildman–Crippen LogP) is 5.01. The summed E-state index contributed by atoms with van der Waals surface area (Å²) in [6.45, 7) is 1.62. The molecule has 0 aromatic heterocycles. The molecule has 0 spiro atoms. The van der Waals surface area contributed by atoms with Crippen LogP contribution in [0.1, 0.15) is 18.1 Å². The SMILES string of the molecule is CC(=O)N1c2ccccc2C=Cc2ccc3ccccc3c21. The van der Waals surface area contributed by atoms with Gasteiger partial charge >= 0.3 is 0 Å². The highest BCUT2D eigenvalue weighted by Crippen LogP contribution is 2.40. The van der Waals surface area contributed by atoms with Gasteiger partial charge in [-0.25, -0.2) is 0 Å². The number of nitrogens with zero attached hydrogens (tertiary/aromatic N) is 1. The minimum Gasteiger partial charge on any atom is -0.279 e. The molecule has 0 N–H and O–H groups in total. The zero-order valence-electron chi connectivity index (χ0n) is 12.3. The number of anilines is 2. The summed E-state index contributed by atoms with van der Waals surface area (Å²) in [6, 6.07) is 20.4. The number of amides is 1. The molecule has 106 valence electrons. The van der Waals surface area contributed by atoms with E-state index in [1.807, 2.05) is 41.3 Å². The van der Waals surface area contributed by atoms with Crippen molar-refractivity contribution in [3.05, 3.63) is 71.8 Å². The van der Waals surface area contributed by atoms with E-state index < -0.39 is 0 Å². The number of benzene rings is 3. The van der Waals surface area contributed by atoms with Gasteiger partial charge in [0.25, 0.3) is 0 Å². The van der Waals surface area contributed by atoms with E-state index in [-0.39, 0.29) is 5.91 Å². The molecule has 1 aliphatic heterocycles. The van der Waals surface area contributed by atoms with Crippen LogP contribution in [0.5, 0.6) is 0 Å². The molecule has 2 heteroatoms. The number of carbonyl (C=O) groups excluding carboxylic acids is 1. The number of rotatable bonds is 0. The summed E-state index contributed by atoms with van der Waals surface area (Å²) in [5, 5.41) is 2.23. The summed E-state index contributed by atoms with van der Waals surface area (Å²) in [7, 11) is 0. The molecule has 1 heterocycles. The highest BCUT2D eigenvalue weighted by atomic mass is 16.2. The van der Waals surface area contributed by atoms with E-state index in [4.69, 9.17) is 0 Å². The molecule has 0 atom stereocenters. The molecular formula is C20H15NO.